The van der Waals surface area contributed by atoms with Gasteiger partial charge in [0, 0.05) is 44.2 Å². The molecule has 2 heterocycles. The van der Waals surface area contributed by atoms with Gasteiger partial charge in [0.2, 0.25) is 76.8 Å². The minimum Gasteiger partial charge on any atom is -0.508 e. The van der Waals surface area contributed by atoms with Gasteiger partial charge in [0.05, 0.1) is 31.4 Å². The minimum absolute atomic E-state index is 0.0153. The Balaban J connectivity index is 1.95. The highest BCUT2D eigenvalue weighted by Crippen LogP contribution is 2.23. The average molecular weight is 1420 g/mol. The second-order valence-electron chi connectivity index (χ2n) is 26.3. The first-order valence-corrected chi connectivity index (χ1v) is 33.8. The van der Waals surface area contributed by atoms with Crippen molar-refractivity contribution in [1.29, 1.82) is 0 Å². The third-order valence-electron chi connectivity index (χ3n) is 16.8. The quantitative estimate of drug-likeness (QED) is 0.0169. The Morgan fingerprint density at radius 3 is 1.67 bits per heavy atom. The van der Waals surface area contributed by atoms with Crippen molar-refractivity contribution in [3.05, 3.63) is 48.0 Å². The van der Waals surface area contributed by atoms with Crippen molar-refractivity contribution in [2.75, 3.05) is 19.6 Å². The van der Waals surface area contributed by atoms with Crippen molar-refractivity contribution in [3.63, 3.8) is 0 Å². The molecule has 562 valence electrons. The van der Waals surface area contributed by atoms with Gasteiger partial charge < -0.3 is 107 Å². The van der Waals surface area contributed by atoms with Crippen LogP contribution in [0.1, 0.15) is 144 Å². The van der Waals surface area contributed by atoms with Gasteiger partial charge in [-0.2, -0.15) is 0 Å². The summed E-state index contributed by atoms with van der Waals surface area (Å²) in [5.74, 6) is -15.4. The molecular formula is C65H105N19O17. The first kappa shape index (κ1) is 85.2. The summed E-state index contributed by atoms with van der Waals surface area (Å²) in [5.41, 5.74) is 29.5. The second kappa shape index (κ2) is 42.2. The molecule has 3 rings (SSSR count). The maximum Gasteiger partial charge on any atom is 0.328 e. The van der Waals surface area contributed by atoms with Crippen LogP contribution in [0.4, 0.5) is 0 Å². The summed E-state index contributed by atoms with van der Waals surface area (Å²) in [6, 6.07) is -10.2. The molecule has 0 saturated carbocycles. The number of carboxylic acids is 1. The van der Waals surface area contributed by atoms with E-state index in [9.17, 15) is 82.4 Å². The summed E-state index contributed by atoms with van der Waals surface area (Å²) in [6.45, 7) is 14.2. The molecule has 1 aliphatic rings. The van der Waals surface area contributed by atoms with E-state index in [2.05, 4.69) is 68.1 Å². The number of aliphatic imine (C=N–C) groups is 1. The number of imidazole rings is 1. The van der Waals surface area contributed by atoms with E-state index >= 15 is 0 Å². The summed E-state index contributed by atoms with van der Waals surface area (Å²) < 4.78 is 0. The number of amides is 13. The predicted octanol–water partition coefficient (Wildman–Crippen LogP) is -4.46. The van der Waals surface area contributed by atoms with Gasteiger partial charge in [-0.15, -0.1) is 0 Å². The molecule has 36 heteroatoms. The van der Waals surface area contributed by atoms with Crippen molar-refractivity contribution < 1.29 is 82.4 Å². The number of benzene rings is 1. The van der Waals surface area contributed by atoms with E-state index < -0.39 is 193 Å². The third-order valence-corrected chi connectivity index (χ3v) is 16.8. The van der Waals surface area contributed by atoms with Gasteiger partial charge in [-0.1, -0.05) is 80.4 Å². The molecule has 1 saturated heterocycles. The normalized spacial score (nSPS) is 16.6. The van der Waals surface area contributed by atoms with Crippen LogP contribution in [0.3, 0.4) is 0 Å². The number of hydrogen-bond acceptors (Lipinski definition) is 19. The SMILES string of the molecule is CC[C@H](C)[C@H](NC(=O)[C@@H](N)Cc1cnc[nH]1)C(=O)N[C@@H](CC(C)C)C(=O)N[C@@H](CC(N)=O)C(=O)N[C@@H](CCC(N)=O)C(=O)N[C@@H](CCCN=C(N)N)C(=O)N1CCC[C@H]1C(=O)N[C@H](C(=O)N[C@@H](Cc1ccc(O)cc1)C(=O)N[C@@H](CC(C)C)C(=O)NCC(=O)N[C@H](C(=O)O)[C@@H](C)O)[C@@H](C)CC. The number of aliphatic carboxylic acids is 1. The third kappa shape index (κ3) is 29.4. The van der Waals surface area contributed by atoms with Crippen molar-refractivity contribution in [3.8, 4) is 5.75 Å². The van der Waals surface area contributed by atoms with Crippen LogP contribution in [0, 0.1) is 23.7 Å². The minimum atomic E-state index is -1.82. The summed E-state index contributed by atoms with van der Waals surface area (Å²) >= 11 is 0. The van der Waals surface area contributed by atoms with Crippen molar-refractivity contribution >= 4 is 88.7 Å². The topological polar surface area (TPSA) is 594 Å². The zero-order chi connectivity index (χ0) is 76.0. The zero-order valence-electron chi connectivity index (χ0n) is 58.8. The fourth-order valence-corrected chi connectivity index (χ4v) is 10.9. The average Bonchev–Trinajstić information content (AvgIpc) is 1.78. The number of aliphatic hydroxyl groups is 1. The molecule has 0 aliphatic carbocycles. The number of phenols is 1. The van der Waals surface area contributed by atoms with E-state index in [1.165, 1.54) is 41.7 Å². The monoisotopic (exact) mass is 1420 g/mol. The standard InChI is InChI=1S/C65H105N19O17/c1-10-34(7)51(82-54(90)40(66)27-38-29-71-31-74-38)61(97)79-44(25-33(5)6)57(93)78-46(28-49(68)88)59(95)75-41(20-21-48(67)87)56(92)76-42(14-12-22-72-65(69)70)63(99)84-23-13-15-47(84)60(96)83-52(35(8)11-2)62(98)80-45(26-37-16-18-39(86)19-17-37)58(94)77-43(24-32(3)4)55(91)73-30-50(89)81-53(36(9)85)64(100)101/h16-19,29,31-36,40-47,51-53,85-86H,10-15,20-28,30,66H2,1-9H3,(H2,67,87)(H2,68,88)(H,71,74)(H,73,91)(H,75,95)(H,76,92)(H,77,94)(H,78,93)(H,79,97)(H,80,98)(H,81,89)(H,82,90)(H,83,96)(H,100,101)(H4,69,70,72)/t34-,35-,36+,40-,41-,42-,43-,44-,45-,46-,47-,51-,52-,53-/m0/s1. The molecule has 0 unspecified atom stereocenters. The number of aromatic hydroxyl groups is 1. The van der Waals surface area contributed by atoms with Crippen LogP contribution >= 0.6 is 0 Å². The van der Waals surface area contributed by atoms with Crippen LogP contribution < -0.4 is 81.8 Å². The molecule has 24 N–H and O–H groups in total. The number of aliphatic hydroxyl groups excluding tert-OH is 1. The van der Waals surface area contributed by atoms with Crippen molar-refractivity contribution in [2.45, 2.75) is 218 Å². The van der Waals surface area contributed by atoms with Crippen LogP contribution in [-0.4, -0.2) is 211 Å². The van der Waals surface area contributed by atoms with Gasteiger partial charge >= 0.3 is 5.97 Å². The molecule has 14 atom stereocenters. The molecule has 1 fully saturated rings. The number of H-pyrrole nitrogens is 1. The number of likely N-dealkylation sites (tertiary alicyclic amines) is 1. The largest absolute Gasteiger partial charge is 0.508 e. The highest BCUT2D eigenvalue weighted by molar-refractivity contribution is 6.00. The van der Waals surface area contributed by atoms with Crippen molar-refractivity contribution in [2.24, 2.45) is 57.3 Å². The number of guanidine groups is 1. The number of aromatic amines is 1. The number of carbonyl (C=O) groups is 14. The number of aromatic nitrogens is 2. The number of hydrogen-bond donors (Lipinski definition) is 19. The van der Waals surface area contributed by atoms with Crippen LogP contribution in [0.5, 0.6) is 5.75 Å². The summed E-state index contributed by atoms with van der Waals surface area (Å²) in [6.07, 6.45) is 0.226. The van der Waals surface area contributed by atoms with Crippen LogP contribution in [-0.2, 0) is 80.0 Å². The molecule has 1 aromatic carbocycles. The first-order chi connectivity index (χ1) is 47.5. The number of phenolic OH excluding ortho intramolecular Hbond substituents is 1. The summed E-state index contributed by atoms with van der Waals surface area (Å²) in [4.78, 5) is 204. The fourth-order valence-electron chi connectivity index (χ4n) is 10.9. The van der Waals surface area contributed by atoms with Gasteiger partial charge in [0.15, 0.2) is 12.0 Å². The number of carbonyl (C=O) groups excluding carboxylic acids is 13. The summed E-state index contributed by atoms with van der Waals surface area (Å²) in [7, 11) is 0. The van der Waals surface area contributed by atoms with E-state index in [1.807, 2.05) is 0 Å². The molecule has 2 aromatic rings. The van der Waals surface area contributed by atoms with Gasteiger partial charge in [-0.05, 0) is 93.2 Å². The predicted molar refractivity (Wildman–Crippen MR) is 366 cm³/mol. The Morgan fingerprint density at radius 2 is 1.14 bits per heavy atom. The van der Waals surface area contributed by atoms with Crippen LogP contribution in [0.2, 0.25) is 0 Å². The number of rotatable bonds is 44. The molecule has 36 nitrogen and oxygen atoms in total. The Labute approximate surface area is 586 Å². The highest BCUT2D eigenvalue weighted by atomic mass is 16.4. The van der Waals surface area contributed by atoms with Gasteiger partial charge in [-0.3, -0.25) is 67.3 Å². The smallest absolute Gasteiger partial charge is 0.328 e. The lowest BCUT2D eigenvalue weighted by Crippen LogP contribution is -2.61. The Hall–Kier alpha value is -10.00. The number of primary amides is 2. The van der Waals surface area contributed by atoms with E-state index in [1.54, 1.807) is 55.4 Å². The summed E-state index contributed by atoms with van der Waals surface area (Å²) in [5, 5.41) is 54.7. The van der Waals surface area contributed by atoms with Crippen LogP contribution in [0.25, 0.3) is 0 Å². The van der Waals surface area contributed by atoms with Gasteiger partial charge in [0.25, 0.3) is 0 Å². The maximum atomic E-state index is 14.9. The molecule has 0 bridgehead atoms. The molecule has 1 aromatic heterocycles. The number of nitrogens with zero attached hydrogens (tertiary/aromatic N) is 3. The van der Waals surface area contributed by atoms with Crippen molar-refractivity contribution in [1.82, 2.24) is 68.0 Å². The molecule has 0 spiro atoms. The number of nitrogens with two attached hydrogens (primary N) is 5. The lowest BCUT2D eigenvalue weighted by Gasteiger charge is -2.32. The molecular weight excluding hydrogens is 1320 g/mol. The fraction of sp³-hybridized carbons (Fsp3) is 0.631. The maximum absolute atomic E-state index is 14.9. The molecule has 101 heavy (non-hydrogen) atoms. The Morgan fingerprint density at radius 1 is 0.614 bits per heavy atom. The van der Waals surface area contributed by atoms with E-state index in [0.29, 0.717) is 17.7 Å². The Bertz CT molecular complexity index is 3180. The lowest BCUT2D eigenvalue weighted by atomic mass is 9.96. The second-order valence-corrected chi connectivity index (χ2v) is 26.3. The van der Waals surface area contributed by atoms with E-state index in [0.717, 1.165) is 6.92 Å². The van der Waals surface area contributed by atoms with Gasteiger partial charge in [0.1, 0.15) is 60.1 Å². The van der Waals surface area contributed by atoms with E-state index in [-0.39, 0.29) is 94.4 Å². The van der Waals surface area contributed by atoms with Crippen LogP contribution in [0.15, 0.2) is 41.8 Å². The van der Waals surface area contributed by atoms with E-state index in [4.69, 9.17) is 28.7 Å². The molecule has 13 amide bonds. The molecule has 1 aliphatic heterocycles. The lowest BCUT2D eigenvalue weighted by molar-refractivity contribution is -0.144. The highest BCUT2D eigenvalue weighted by Gasteiger charge is 2.42. The van der Waals surface area contributed by atoms with Gasteiger partial charge in [-0.25, -0.2) is 9.78 Å². The number of carboxylic acid groups (broad SMARTS) is 1. The first-order valence-electron chi connectivity index (χ1n) is 33.8. The number of nitrogens with one attached hydrogen (secondary N) is 11. The molecule has 0 radical (unpaired) electrons. The zero-order valence-corrected chi connectivity index (χ0v) is 58.8. The Kier molecular flexibility index (Phi) is 35.6.